The molecule has 17 heavy (non-hydrogen) atoms. The van der Waals surface area contributed by atoms with Crippen molar-refractivity contribution >= 4 is 17.1 Å². The van der Waals surface area contributed by atoms with Gasteiger partial charge in [-0.05, 0) is 56.9 Å². The highest BCUT2D eigenvalue weighted by molar-refractivity contribution is 7.12. The minimum Gasteiger partial charge on any atom is -0.294 e. The highest BCUT2D eigenvalue weighted by Crippen LogP contribution is 2.49. The first-order valence-electron chi connectivity index (χ1n) is 6.73. The Morgan fingerprint density at radius 1 is 1.35 bits per heavy atom. The van der Waals surface area contributed by atoms with Crippen LogP contribution in [0.4, 0.5) is 0 Å². The topological polar surface area (TPSA) is 17.1 Å². The molecule has 1 aromatic heterocycles. The molecule has 2 aliphatic carbocycles. The maximum absolute atomic E-state index is 12.3. The summed E-state index contributed by atoms with van der Waals surface area (Å²) in [6, 6.07) is 2.08. The van der Waals surface area contributed by atoms with Crippen molar-refractivity contribution in [2.45, 2.75) is 46.0 Å². The molecule has 0 amide bonds. The third-order valence-electron chi connectivity index (χ3n) is 4.67. The van der Waals surface area contributed by atoms with Gasteiger partial charge in [-0.25, -0.2) is 0 Å². The summed E-state index contributed by atoms with van der Waals surface area (Å²) >= 11 is 1.75. The van der Waals surface area contributed by atoms with Crippen LogP contribution in [0.1, 0.15) is 52.2 Å². The number of Topliss-reactive ketones (excluding diaryl/α,β-unsaturated/α-hetero) is 1. The first kappa shape index (κ1) is 11.5. The predicted molar refractivity (Wildman–Crippen MR) is 71.7 cm³/mol. The summed E-state index contributed by atoms with van der Waals surface area (Å²) in [5, 5.41) is 0. The molecule has 2 fully saturated rings. The van der Waals surface area contributed by atoms with Gasteiger partial charge in [0.05, 0.1) is 0 Å². The standard InChI is InChI=1S/C15H20OS/c1-9-5-14(10(2)17-9)15(16)8-13-7-11-3-4-12(13)6-11/h5,11-13H,3-4,6-8H2,1-2H3. The molecule has 0 aliphatic heterocycles. The van der Waals surface area contributed by atoms with E-state index in [1.54, 1.807) is 11.3 Å². The van der Waals surface area contributed by atoms with E-state index < -0.39 is 0 Å². The smallest absolute Gasteiger partial charge is 0.164 e. The molecule has 0 aromatic carbocycles. The number of carbonyl (C=O) groups is 1. The zero-order valence-corrected chi connectivity index (χ0v) is 11.5. The van der Waals surface area contributed by atoms with Gasteiger partial charge in [-0.2, -0.15) is 0 Å². The Morgan fingerprint density at radius 3 is 2.71 bits per heavy atom. The van der Waals surface area contributed by atoms with Crippen LogP contribution in [0, 0.1) is 31.6 Å². The van der Waals surface area contributed by atoms with Crippen LogP contribution in [0.5, 0.6) is 0 Å². The van der Waals surface area contributed by atoms with E-state index in [0.29, 0.717) is 11.7 Å². The van der Waals surface area contributed by atoms with Gasteiger partial charge in [0.2, 0.25) is 0 Å². The number of rotatable bonds is 3. The van der Waals surface area contributed by atoms with Crippen molar-refractivity contribution in [2.75, 3.05) is 0 Å². The molecule has 2 saturated carbocycles. The first-order valence-corrected chi connectivity index (χ1v) is 7.55. The molecular weight excluding hydrogens is 228 g/mol. The fourth-order valence-electron chi connectivity index (χ4n) is 3.88. The summed E-state index contributed by atoms with van der Waals surface area (Å²) in [7, 11) is 0. The lowest BCUT2D eigenvalue weighted by molar-refractivity contribution is 0.0944. The van der Waals surface area contributed by atoms with Crippen LogP contribution in [0.25, 0.3) is 0 Å². The molecule has 1 nitrogen and oxygen atoms in total. The van der Waals surface area contributed by atoms with Crippen LogP contribution in [-0.2, 0) is 0 Å². The minimum absolute atomic E-state index is 0.393. The molecule has 0 saturated heterocycles. The van der Waals surface area contributed by atoms with Gasteiger partial charge in [0.1, 0.15) is 0 Å². The molecule has 3 rings (SSSR count). The lowest BCUT2D eigenvalue weighted by atomic mass is 9.84. The Labute approximate surface area is 107 Å². The van der Waals surface area contributed by atoms with E-state index in [4.69, 9.17) is 0 Å². The number of aryl methyl sites for hydroxylation is 2. The number of hydrogen-bond acceptors (Lipinski definition) is 2. The Bertz CT molecular complexity index is 446. The normalized spacial score (nSPS) is 31.1. The van der Waals surface area contributed by atoms with Gasteiger partial charge in [0, 0.05) is 21.7 Å². The molecule has 2 aliphatic rings. The van der Waals surface area contributed by atoms with Gasteiger partial charge >= 0.3 is 0 Å². The molecule has 1 heterocycles. The number of carbonyl (C=O) groups excluding carboxylic acids is 1. The summed E-state index contributed by atoms with van der Waals surface area (Å²) in [6.45, 7) is 4.16. The monoisotopic (exact) mass is 248 g/mol. The van der Waals surface area contributed by atoms with Gasteiger partial charge in [-0.15, -0.1) is 11.3 Å². The molecule has 1 aromatic rings. The molecule has 0 radical (unpaired) electrons. The second kappa shape index (κ2) is 4.24. The maximum Gasteiger partial charge on any atom is 0.164 e. The van der Waals surface area contributed by atoms with Crippen molar-refractivity contribution < 1.29 is 4.79 Å². The molecule has 2 heteroatoms. The van der Waals surface area contributed by atoms with E-state index in [2.05, 4.69) is 19.9 Å². The molecule has 3 unspecified atom stereocenters. The van der Waals surface area contributed by atoms with Gasteiger partial charge in [-0.3, -0.25) is 4.79 Å². The van der Waals surface area contributed by atoms with Gasteiger partial charge in [0.15, 0.2) is 5.78 Å². The molecule has 0 N–H and O–H groups in total. The van der Waals surface area contributed by atoms with Gasteiger partial charge in [0.25, 0.3) is 0 Å². The highest BCUT2D eigenvalue weighted by atomic mass is 32.1. The predicted octanol–water partition coefficient (Wildman–Crippen LogP) is 4.37. The van der Waals surface area contributed by atoms with E-state index in [9.17, 15) is 4.79 Å². The number of hydrogen-bond donors (Lipinski definition) is 0. The van der Waals surface area contributed by atoms with E-state index in [1.807, 2.05) is 0 Å². The van der Waals surface area contributed by atoms with E-state index >= 15 is 0 Å². The van der Waals surface area contributed by atoms with Crippen LogP contribution in [0.3, 0.4) is 0 Å². The Kier molecular flexibility index (Phi) is 2.86. The zero-order chi connectivity index (χ0) is 12.0. The molecule has 3 atom stereocenters. The van der Waals surface area contributed by atoms with Crippen molar-refractivity contribution in [2.24, 2.45) is 17.8 Å². The molecule has 0 spiro atoms. The largest absolute Gasteiger partial charge is 0.294 e. The second-order valence-electron chi connectivity index (χ2n) is 5.89. The summed E-state index contributed by atoms with van der Waals surface area (Å²) in [4.78, 5) is 14.8. The average molecular weight is 248 g/mol. The Hall–Kier alpha value is -0.630. The van der Waals surface area contributed by atoms with Crippen LogP contribution in [0.15, 0.2) is 6.07 Å². The van der Waals surface area contributed by atoms with Crippen LogP contribution in [0.2, 0.25) is 0 Å². The van der Waals surface area contributed by atoms with Gasteiger partial charge in [-0.1, -0.05) is 6.42 Å². The summed E-state index contributed by atoms with van der Waals surface area (Å²) in [6.07, 6.45) is 6.33. The second-order valence-corrected chi connectivity index (χ2v) is 7.35. The number of thiophene rings is 1. The third-order valence-corrected chi connectivity index (χ3v) is 5.64. The number of ketones is 1. The van der Waals surface area contributed by atoms with Crippen LogP contribution in [-0.4, -0.2) is 5.78 Å². The lowest BCUT2D eigenvalue weighted by Crippen LogP contribution is -2.15. The molecular formula is C15H20OS. The van der Waals surface area contributed by atoms with Crippen molar-refractivity contribution in [3.63, 3.8) is 0 Å². The Balaban J connectivity index is 1.69. The molecule has 92 valence electrons. The summed E-state index contributed by atoms with van der Waals surface area (Å²) in [5.41, 5.74) is 0.996. The van der Waals surface area contributed by atoms with Crippen LogP contribution < -0.4 is 0 Å². The summed E-state index contributed by atoms with van der Waals surface area (Å²) in [5.74, 6) is 2.90. The zero-order valence-electron chi connectivity index (χ0n) is 10.7. The van der Waals surface area contributed by atoms with E-state index in [1.165, 1.54) is 35.4 Å². The quantitative estimate of drug-likeness (QED) is 0.726. The minimum atomic E-state index is 0.393. The van der Waals surface area contributed by atoms with Crippen molar-refractivity contribution in [3.8, 4) is 0 Å². The van der Waals surface area contributed by atoms with E-state index in [-0.39, 0.29) is 0 Å². The van der Waals surface area contributed by atoms with Gasteiger partial charge < -0.3 is 0 Å². The lowest BCUT2D eigenvalue weighted by Gasteiger charge is -2.20. The third kappa shape index (κ3) is 2.08. The van der Waals surface area contributed by atoms with Crippen molar-refractivity contribution in [1.82, 2.24) is 0 Å². The Morgan fingerprint density at radius 2 is 2.18 bits per heavy atom. The van der Waals surface area contributed by atoms with Crippen LogP contribution >= 0.6 is 11.3 Å². The van der Waals surface area contributed by atoms with E-state index in [0.717, 1.165) is 23.8 Å². The first-order chi connectivity index (χ1) is 8.13. The van der Waals surface area contributed by atoms with Crippen molar-refractivity contribution in [3.05, 3.63) is 21.4 Å². The highest BCUT2D eigenvalue weighted by Gasteiger charge is 2.40. The molecule has 2 bridgehead atoms. The maximum atomic E-state index is 12.3. The SMILES string of the molecule is Cc1cc(C(=O)CC2CC3CCC2C3)c(C)s1. The average Bonchev–Trinajstić information content (AvgIpc) is 2.93. The fraction of sp³-hybridized carbons (Fsp3) is 0.667. The summed E-state index contributed by atoms with van der Waals surface area (Å²) < 4.78 is 0. The number of fused-ring (bicyclic) bond motifs is 2. The fourth-order valence-corrected chi connectivity index (χ4v) is 4.82. The van der Waals surface area contributed by atoms with Crippen molar-refractivity contribution in [1.29, 1.82) is 0 Å².